The summed E-state index contributed by atoms with van der Waals surface area (Å²) in [5.74, 6) is -0.537. The minimum Gasteiger partial charge on any atom is -0.481 e. The van der Waals surface area contributed by atoms with Crippen LogP contribution in [0.2, 0.25) is 0 Å². The van der Waals surface area contributed by atoms with E-state index in [9.17, 15) is 9.59 Å². The Morgan fingerprint density at radius 2 is 1.90 bits per heavy atom. The van der Waals surface area contributed by atoms with Crippen LogP contribution in [0.4, 0.5) is 4.79 Å². The Bertz CT molecular complexity index is 318. The fraction of sp³-hybridized carbons (Fsp3) is 0.867. The highest BCUT2D eigenvalue weighted by Crippen LogP contribution is 2.24. The SMILES string of the molecule is CC(C)CCCCNC(=O)NC1CCCCC1C(=O)O. The lowest BCUT2D eigenvalue weighted by Crippen LogP contribution is -2.48. The van der Waals surface area contributed by atoms with Crippen molar-refractivity contribution in [2.75, 3.05) is 6.54 Å². The van der Waals surface area contributed by atoms with Crippen molar-refractivity contribution in [2.24, 2.45) is 11.8 Å². The van der Waals surface area contributed by atoms with Gasteiger partial charge in [-0.2, -0.15) is 0 Å². The Kier molecular flexibility index (Phi) is 7.41. The summed E-state index contributed by atoms with van der Waals surface area (Å²) in [5.41, 5.74) is 0. The van der Waals surface area contributed by atoms with Crippen molar-refractivity contribution in [1.82, 2.24) is 10.6 Å². The Morgan fingerprint density at radius 1 is 1.20 bits per heavy atom. The number of rotatable bonds is 7. The zero-order valence-corrected chi connectivity index (χ0v) is 12.7. The molecule has 1 aliphatic carbocycles. The molecule has 0 spiro atoms. The highest BCUT2D eigenvalue weighted by molar-refractivity contribution is 5.76. The molecule has 3 N–H and O–H groups in total. The summed E-state index contributed by atoms with van der Waals surface area (Å²) in [7, 11) is 0. The van der Waals surface area contributed by atoms with E-state index in [2.05, 4.69) is 24.5 Å². The van der Waals surface area contributed by atoms with Gasteiger partial charge in [-0.1, -0.05) is 39.5 Å². The van der Waals surface area contributed by atoms with Crippen LogP contribution < -0.4 is 10.6 Å². The van der Waals surface area contributed by atoms with Crippen molar-refractivity contribution in [1.29, 1.82) is 0 Å². The lowest BCUT2D eigenvalue weighted by atomic mass is 9.84. The number of aliphatic carboxylic acids is 1. The Labute approximate surface area is 121 Å². The average Bonchev–Trinajstić information content (AvgIpc) is 2.38. The maximum absolute atomic E-state index is 11.8. The second-order valence-corrected chi connectivity index (χ2v) is 6.13. The molecule has 0 aromatic carbocycles. The van der Waals surface area contributed by atoms with E-state index < -0.39 is 11.9 Å². The second kappa shape index (κ2) is 8.82. The summed E-state index contributed by atoms with van der Waals surface area (Å²) < 4.78 is 0. The van der Waals surface area contributed by atoms with E-state index in [4.69, 9.17) is 5.11 Å². The second-order valence-electron chi connectivity index (χ2n) is 6.13. The summed E-state index contributed by atoms with van der Waals surface area (Å²) in [6.45, 7) is 5.04. The fourth-order valence-electron chi connectivity index (χ4n) is 2.70. The molecule has 0 aromatic rings. The van der Waals surface area contributed by atoms with Crippen LogP contribution in [-0.2, 0) is 4.79 Å². The topological polar surface area (TPSA) is 78.4 Å². The number of carboxylic acid groups (broad SMARTS) is 1. The van der Waals surface area contributed by atoms with Crippen LogP contribution in [0.3, 0.4) is 0 Å². The monoisotopic (exact) mass is 284 g/mol. The minimum atomic E-state index is -0.799. The predicted molar refractivity (Wildman–Crippen MR) is 78.6 cm³/mol. The molecule has 1 rings (SSSR count). The molecule has 0 radical (unpaired) electrons. The molecule has 0 aliphatic heterocycles. The number of carbonyl (C=O) groups is 2. The van der Waals surface area contributed by atoms with E-state index in [0.717, 1.165) is 32.1 Å². The number of hydrogen-bond acceptors (Lipinski definition) is 2. The van der Waals surface area contributed by atoms with Crippen LogP contribution in [0.15, 0.2) is 0 Å². The fourth-order valence-corrected chi connectivity index (χ4v) is 2.70. The third-order valence-electron chi connectivity index (χ3n) is 3.89. The molecule has 2 unspecified atom stereocenters. The number of urea groups is 1. The molecule has 2 amide bonds. The third kappa shape index (κ3) is 6.26. The first kappa shape index (κ1) is 16.8. The predicted octanol–water partition coefficient (Wildman–Crippen LogP) is 2.76. The molecule has 1 aliphatic rings. The van der Waals surface area contributed by atoms with Crippen molar-refractivity contribution >= 4 is 12.0 Å². The third-order valence-corrected chi connectivity index (χ3v) is 3.89. The molecule has 5 nitrogen and oxygen atoms in total. The van der Waals surface area contributed by atoms with Gasteiger partial charge < -0.3 is 15.7 Å². The number of carboxylic acids is 1. The molecular weight excluding hydrogens is 256 g/mol. The standard InChI is InChI=1S/C15H28N2O3/c1-11(2)7-5-6-10-16-15(20)17-13-9-4-3-8-12(13)14(18)19/h11-13H,3-10H2,1-2H3,(H,18,19)(H2,16,17,20). The molecule has 0 heterocycles. The highest BCUT2D eigenvalue weighted by atomic mass is 16.4. The number of carbonyl (C=O) groups excluding carboxylic acids is 1. The van der Waals surface area contributed by atoms with Gasteiger partial charge in [0, 0.05) is 12.6 Å². The lowest BCUT2D eigenvalue weighted by Gasteiger charge is -2.29. The van der Waals surface area contributed by atoms with E-state index in [1.165, 1.54) is 6.42 Å². The molecule has 0 aromatic heterocycles. The van der Waals surface area contributed by atoms with Crippen LogP contribution in [0, 0.1) is 11.8 Å². The maximum Gasteiger partial charge on any atom is 0.315 e. The van der Waals surface area contributed by atoms with Crippen LogP contribution >= 0.6 is 0 Å². The maximum atomic E-state index is 11.8. The van der Waals surface area contributed by atoms with Crippen molar-refractivity contribution in [3.8, 4) is 0 Å². The van der Waals surface area contributed by atoms with Gasteiger partial charge in [0.05, 0.1) is 5.92 Å². The molecule has 116 valence electrons. The quantitative estimate of drug-likeness (QED) is 0.629. The first-order valence-corrected chi connectivity index (χ1v) is 7.78. The smallest absolute Gasteiger partial charge is 0.315 e. The molecular formula is C15H28N2O3. The van der Waals surface area contributed by atoms with Crippen molar-refractivity contribution < 1.29 is 14.7 Å². The minimum absolute atomic E-state index is 0.225. The van der Waals surface area contributed by atoms with Gasteiger partial charge in [-0.3, -0.25) is 4.79 Å². The van der Waals surface area contributed by atoms with Gasteiger partial charge in [-0.05, 0) is 25.2 Å². The largest absolute Gasteiger partial charge is 0.481 e. The van der Waals surface area contributed by atoms with Gasteiger partial charge in [-0.15, -0.1) is 0 Å². The van der Waals surface area contributed by atoms with Crippen molar-refractivity contribution in [2.45, 2.75) is 64.8 Å². The summed E-state index contributed by atoms with van der Waals surface area (Å²) in [5, 5.41) is 14.8. The van der Waals surface area contributed by atoms with Gasteiger partial charge in [-0.25, -0.2) is 4.79 Å². The number of nitrogens with one attached hydrogen (secondary N) is 2. The molecule has 1 saturated carbocycles. The van der Waals surface area contributed by atoms with Gasteiger partial charge in [0.25, 0.3) is 0 Å². The van der Waals surface area contributed by atoms with Crippen molar-refractivity contribution in [3.63, 3.8) is 0 Å². The number of amides is 2. The molecule has 20 heavy (non-hydrogen) atoms. The first-order chi connectivity index (χ1) is 9.50. The molecule has 2 atom stereocenters. The summed E-state index contributed by atoms with van der Waals surface area (Å²) >= 11 is 0. The van der Waals surface area contributed by atoms with Gasteiger partial charge in [0.2, 0.25) is 0 Å². The molecule has 0 saturated heterocycles. The molecule has 5 heteroatoms. The summed E-state index contributed by atoms with van der Waals surface area (Å²) in [6.07, 6.45) is 6.60. The van der Waals surface area contributed by atoms with Crippen molar-refractivity contribution in [3.05, 3.63) is 0 Å². The lowest BCUT2D eigenvalue weighted by molar-refractivity contribution is -0.143. The van der Waals surface area contributed by atoms with Crippen LogP contribution in [0.1, 0.15) is 58.8 Å². The summed E-state index contributed by atoms with van der Waals surface area (Å²) in [4.78, 5) is 22.9. The normalized spacial score (nSPS) is 22.6. The number of hydrogen-bond donors (Lipinski definition) is 3. The highest BCUT2D eigenvalue weighted by Gasteiger charge is 2.31. The van der Waals surface area contributed by atoms with E-state index in [-0.39, 0.29) is 12.1 Å². The van der Waals surface area contributed by atoms with Crippen LogP contribution in [0.5, 0.6) is 0 Å². The van der Waals surface area contributed by atoms with E-state index in [0.29, 0.717) is 18.9 Å². The Morgan fingerprint density at radius 3 is 2.55 bits per heavy atom. The van der Waals surface area contributed by atoms with E-state index in [1.807, 2.05) is 0 Å². The number of unbranched alkanes of at least 4 members (excludes halogenated alkanes) is 1. The average molecular weight is 284 g/mol. The zero-order valence-electron chi connectivity index (χ0n) is 12.7. The molecule has 1 fully saturated rings. The zero-order chi connectivity index (χ0) is 15.0. The molecule has 0 bridgehead atoms. The van der Waals surface area contributed by atoms with Gasteiger partial charge in [0.15, 0.2) is 0 Å². The van der Waals surface area contributed by atoms with Gasteiger partial charge in [0.1, 0.15) is 0 Å². The first-order valence-electron chi connectivity index (χ1n) is 7.78. The van der Waals surface area contributed by atoms with E-state index in [1.54, 1.807) is 0 Å². The Hall–Kier alpha value is -1.26. The summed E-state index contributed by atoms with van der Waals surface area (Å²) in [6, 6.07) is -0.454. The Balaban J connectivity index is 2.21. The van der Waals surface area contributed by atoms with Crippen LogP contribution in [-0.4, -0.2) is 29.7 Å². The van der Waals surface area contributed by atoms with Gasteiger partial charge >= 0.3 is 12.0 Å². The van der Waals surface area contributed by atoms with Crippen LogP contribution in [0.25, 0.3) is 0 Å². The van der Waals surface area contributed by atoms with E-state index >= 15 is 0 Å².